The van der Waals surface area contributed by atoms with Crippen LogP contribution in [0, 0.1) is 0 Å². The second-order valence-electron chi connectivity index (χ2n) is 3.68. The van der Waals surface area contributed by atoms with Crippen LogP contribution in [0.1, 0.15) is 33.1 Å². The zero-order valence-electron chi connectivity index (χ0n) is 9.22. The zero-order valence-corrected chi connectivity index (χ0v) is 9.22. The number of hydrogen-bond acceptors (Lipinski definition) is 3. The van der Waals surface area contributed by atoms with Gasteiger partial charge in [0.15, 0.2) is 0 Å². The minimum Gasteiger partial charge on any atom is -0.314 e. The third-order valence-electron chi connectivity index (χ3n) is 1.37. The predicted molar refractivity (Wildman–Crippen MR) is 55.9 cm³/mol. The van der Waals surface area contributed by atoms with Crippen molar-refractivity contribution in [1.82, 2.24) is 4.90 Å². The van der Waals surface area contributed by atoms with Gasteiger partial charge in [0, 0.05) is 0 Å². The summed E-state index contributed by atoms with van der Waals surface area (Å²) < 4.78 is 0. The smallest absolute Gasteiger partial charge is 0.0633 e. The van der Waals surface area contributed by atoms with Crippen LogP contribution < -0.4 is 11.5 Å². The van der Waals surface area contributed by atoms with Crippen LogP contribution in [-0.4, -0.2) is 31.7 Å². The molecule has 0 spiro atoms. The van der Waals surface area contributed by atoms with E-state index >= 15 is 0 Å². The Morgan fingerprint density at radius 3 is 1.50 bits per heavy atom. The third-order valence-corrected chi connectivity index (χ3v) is 1.37. The highest BCUT2D eigenvalue weighted by molar-refractivity contribution is 4.72. The quantitative estimate of drug-likeness (QED) is 0.629. The van der Waals surface area contributed by atoms with Gasteiger partial charge in [0.25, 0.3) is 0 Å². The molecule has 0 aliphatic rings. The van der Waals surface area contributed by atoms with Crippen LogP contribution in [-0.2, 0) is 0 Å². The molecule has 0 aromatic heterocycles. The van der Waals surface area contributed by atoms with Crippen molar-refractivity contribution < 1.29 is 0 Å². The van der Waals surface area contributed by atoms with E-state index in [0.717, 1.165) is 19.3 Å². The standard InChI is InChI=1S/C6H16N2.C3H9N/c1-3-5-6(7,8)4-2;1-4(2)3/h3-5,7-8H2,1-2H3;1-3H3. The zero-order chi connectivity index (χ0) is 10.2. The van der Waals surface area contributed by atoms with Crippen LogP contribution in [0.25, 0.3) is 0 Å². The summed E-state index contributed by atoms with van der Waals surface area (Å²) in [7, 11) is 6.00. The second kappa shape index (κ2) is 7.53. The Morgan fingerprint density at radius 1 is 1.08 bits per heavy atom. The summed E-state index contributed by atoms with van der Waals surface area (Å²) in [6, 6.07) is 0. The van der Waals surface area contributed by atoms with Crippen molar-refractivity contribution in [2.24, 2.45) is 11.5 Å². The molecule has 0 atom stereocenters. The van der Waals surface area contributed by atoms with Gasteiger partial charge in [0.2, 0.25) is 0 Å². The molecule has 76 valence electrons. The van der Waals surface area contributed by atoms with Crippen molar-refractivity contribution >= 4 is 0 Å². The van der Waals surface area contributed by atoms with Gasteiger partial charge in [-0.15, -0.1) is 0 Å². The number of nitrogens with two attached hydrogens (primary N) is 2. The maximum atomic E-state index is 5.60. The molecule has 3 nitrogen and oxygen atoms in total. The van der Waals surface area contributed by atoms with Crippen LogP contribution in [0.3, 0.4) is 0 Å². The first-order valence-corrected chi connectivity index (χ1v) is 4.54. The van der Waals surface area contributed by atoms with Gasteiger partial charge >= 0.3 is 0 Å². The molecule has 0 bridgehead atoms. The van der Waals surface area contributed by atoms with E-state index in [2.05, 4.69) is 6.92 Å². The fourth-order valence-electron chi connectivity index (χ4n) is 0.642. The molecule has 0 heterocycles. The molecule has 0 radical (unpaired) electrons. The molecule has 12 heavy (non-hydrogen) atoms. The van der Waals surface area contributed by atoms with Crippen LogP contribution in [0.5, 0.6) is 0 Å². The predicted octanol–water partition coefficient (Wildman–Crippen LogP) is 0.988. The molecule has 0 fully saturated rings. The van der Waals surface area contributed by atoms with Crippen molar-refractivity contribution in [2.75, 3.05) is 21.1 Å². The highest BCUT2D eigenvalue weighted by atomic mass is 15.0. The average Bonchev–Trinajstić information content (AvgIpc) is 1.86. The molecule has 0 saturated heterocycles. The minimum absolute atomic E-state index is 0.408. The SMILES string of the molecule is CCCC(N)(N)CC.CN(C)C. The van der Waals surface area contributed by atoms with Gasteiger partial charge in [-0.2, -0.15) is 0 Å². The van der Waals surface area contributed by atoms with Gasteiger partial charge in [0.05, 0.1) is 5.66 Å². The first kappa shape index (κ1) is 14.4. The largest absolute Gasteiger partial charge is 0.314 e. The van der Waals surface area contributed by atoms with E-state index in [9.17, 15) is 0 Å². The Kier molecular flexibility index (Phi) is 9.03. The molecule has 0 saturated carbocycles. The van der Waals surface area contributed by atoms with E-state index in [1.807, 2.05) is 33.0 Å². The molecule has 0 amide bonds. The fraction of sp³-hybridized carbons (Fsp3) is 1.00. The van der Waals surface area contributed by atoms with E-state index in [1.54, 1.807) is 0 Å². The summed E-state index contributed by atoms with van der Waals surface area (Å²) in [6.45, 7) is 4.10. The number of hydrogen-bond donors (Lipinski definition) is 2. The molecular weight excluding hydrogens is 150 g/mol. The summed E-state index contributed by atoms with van der Waals surface area (Å²) in [5.74, 6) is 0. The van der Waals surface area contributed by atoms with E-state index in [1.165, 1.54) is 0 Å². The van der Waals surface area contributed by atoms with Gasteiger partial charge in [-0.25, -0.2) is 0 Å². The number of rotatable bonds is 3. The lowest BCUT2D eigenvalue weighted by Crippen LogP contribution is -2.48. The maximum absolute atomic E-state index is 5.60. The molecule has 0 aromatic rings. The Balaban J connectivity index is 0. The third kappa shape index (κ3) is 16.5. The highest BCUT2D eigenvalue weighted by Crippen LogP contribution is 2.04. The normalized spacial score (nSPS) is 11.0. The maximum Gasteiger partial charge on any atom is 0.0633 e. The van der Waals surface area contributed by atoms with E-state index in [-0.39, 0.29) is 0 Å². The van der Waals surface area contributed by atoms with E-state index < -0.39 is 5.66 Å². The van der Waals surface area contributed by atoms with Crippen molar-refractivity contribution in [3.8, 4) is 0 Å². The van der Waals surface area contributed by atoms with Crippen molar-refractivity contribution in [1.29, 1.82) is 0 Å². The average molecular weight is 175 g/mol. The molecule has 0 unspecified atom stereocenters. The van der Waals surface area contributed by atoms with Gasteiger partial charge in [-0.3, -0.25) is 0 Å². The first-order valence-electron chi connectivity index (χ1n) is 4.54. The lowest BCUT2D eigenvalue weighted by atomic mass is 10.0. The van der Waals surface area contributed by atoms with Crippen molar-refractivity contribution in [3.63, 3.8) is 0 Å². The molecule has 0 aliphatic carbocycles. The molecule has 0 rings (SSSR count). The Bertz CT molecular complexity index is 87.0. The van der Waals surface area contributed by atoms with Gasteiger partial charge in [-0.05, 0) is 34.0 Å². The Hall–Kier alpha value is -0.120. The van der Waals surface area contributed by atoms with Crippen LogP contribution in [0.2, 0.25) is 0 Å². The number of nitrogens with zero attached hydrogens (tertiary/aromatic N) is 1. The lowest BCUT2D eigenvalue weighted by Gasteiger charge is -2.20. The summed E-state index contributed by atoms with van der Waals surface area (Å²) in [6.07, 6.45) is 2.85. The topological polar surface area (TPSA) is 55.3 Å². The van der Waals surface area contributed by atoms with Crippen LogP contribution in [0.4, 0.5) is 0 Å². The van der Waals surface area contributed by atoms with Gasteiger partial charge in [-0.1, -0.05) is 20.3 Å². The Morgan fingerprint density at radius 2 is 1.42 bits per heavy atom. The summed E-state index contributed by atoms with van der Waals surface area (Å²) in [5, 5.41) is 0. The van der Waals surface area contributed by atoms with Gasteiger partial charge < -0.3 is 16.4 Å². The summed E-state index contributed by atoms with van der Waals surface area (Å²) >= 11 is 0. The highest BCUT2D eigenvalue weighted by Gasteiger charge is 2.12. The lowest BCUT2D eigenvalue weighted by molar-refractivity contribution is 0.390. The second-order valence-corrected chi connectivity index (χ2v) is 3.68. The molecular formula is C9H25N3. The fourth-order valence-corrected chi connectivity index (χ4v) is 0.642. The minimum atomic E-state index is -0.408. The molecule has 4 N–H and O–H groups in total. The van der Waals surface area contributed by atoms with E-state index in [0.29, 0.717) is 0 Å². The monoisotopic (exact) mass is 175 g/mol. The summed E-state index contributed by atoms with van der Waals surface area (Å²) in [4.78, 5) is 2.00. The molecule has 3 heteroatoms. The van der Waals surface area contributed by atoms with E-state index in [4.69, 9.17) is 11.5 Å². The van der Waals surface area contributed by atoms with Crippen molar-refractivity contribution in [3.05, 3.63) is 0 Å². The van der Waals surface area contributed by atoms with Crippen LogP contribution >= 0.6 is 0 Å². The van der Waals surface area contributed by atoms with Crippen molar-refractivity contribution in [2.45, 2.75) is 38.8 Å². The van der Waals surface area contributed by atoms with Gasteiger partial charge in [0.1, 0.15) is 0 Å². The summed E-state index contributed by atoms with van der Waals surface area (Å²) in [5.41, 5.74) is 10.8. The molecule has 0 aliphatic heterocycles. The first-order chi connectivity index (χ1) is 5.35. The van der Waals surface area contributed by atoms with Crippen LogP contribution in [0.15, 0.2) is 0 Å². The molecule has 0 aromatic carbocycles. The Labute approximate surface area is 77.1 Å².